The second-order valence-electron chi connectivity index (χ2n) is 4.83. The lowest BCUT2D eigenvalue weighted by Crippen LogP contribution is -2.04. The molecule has 0 N–H and O–H groups in total. The van der Waals surface area contributed by atoms with Gasteiger partial charge in [-0.15, -0.1) is 0 Å². The molecule has 1 nitrogen and oxygen atoms in total. The van der Waals surface area contributed by atoms with Crippen molar-refractivity contribution in [3.8, 4) is 5.75 Å². The van der Waals surface area contributed by atoms with Gasteiger partial charge in [-0.05, 0) is 49.1 Å². The highest BCUT2D eigenvalue weighted by Gasteiger charge is 2.04. The molecular weight excluding hydrogens is 292 g/mol. The standard InChI is InChI=1S/C19H24O.2C2H6/c1-6-9-17(19(8-3)15(4)5)14-20-18-12-10-16(7-2)11-13-18;2*1-2/h6,8-13H,1,3,7,14H2,2,4-5H3;2*1-2H3/b17-9-;;. The lowest BCUT2D eigenvalue weighted by atomic mass is 10.0. The Labute approximate surface area is 150 Å². The van der Waals surface area contributed by atoms with Gasteiger partial charge in [0.2, 0.25) is 0 Å². The van der Waals surface area contributed by atoms with E-state index < -0.39 is 0 Å². The van der Waals surface area contributed by atoms with Crippen molar-refractivity contribution in [3.63, 3.8) is 0 Å². The average molecular weight is 329 g/mol. The van der Waals surface area contributed by atoms with E-state index in [1.165, 1.54) is 11.1 Å². The molecule has 0 aliphatic carbocycles. The van der Waals surface area contributed by atoms with Crippen LogP contribution in [0.15, 0.2) is 72.4 Å². The van der Waals surface area contributed by atoms with Gasteiger partial charge in [-0.25, -0.2) is 0 Å². The van der Waals surface area contributed by atoms with E-state index in [-0.39, 0.29) is 0 Å². The van der Waals surface area contributed by atoms with Crippen LogP contribution in [0.5, 0.6) is 5.75 Å². The van der Waals surface area contributed by atoms with E-state index >= 15 is 0 Å². The van der Waals surface area contributed by atoms with Crippen molar-refractivity contribution in [3.05, 3.63) is 77.9 Å². The van der Waals surface area contributed by atoms with Gasteiger partial charge in [0.05, 0.1) is 0 Å². The van der Waals surface area contributed by atoms with Crippen molar-refractivity contribution < 1.29 is 4.74 Å². The first kappa shape index (κ1) is 24.2. The van der Waals surface area contributed by atoms with Crippen LogP contribution in [0.1, 0.15) is 54.0 Å². The maximum Gasteiger partial charge on any atom is 0.119 e. The van der Waals surface area contributed by atoms with Gasteiger partial charge < -0.3 is 4.74 Å². The molecule has 0 aromatic heterocycles. The summed E-state index contributed by atoms with van der Waals surface area (Å²) in [6, 6.07) is 8.23. The number of rotatable bonds is 7. The zero-order chi connectivity index (χ0) is 19.0. The molecule has 0 radical (unpaired) electrons. The first-order chi connectivity index (χ1) is 11.6. The molecule has 0 aliphatic heterocycles. The van der Waals surface area contributed by atoms with Crippen LogP contribution < -0.4 is 4.74 Å². The molecule has 1 aromatic rings. The molecule has 1 aromatic carbocycles. The molecule has 134 valence electrons. The van der Waals surface area contributed by atoms with Gasteiger partial charge in [-0.1, -0.05) is 83.7 Å². The summed E-state index contributed by atoms with van der Waals surface area (Å²) in [5.41, 5.74) is 4.75. The van der Waals surface area contributed by atoms with E-state index in [4.69, 9.17) is 4.74 Å². The van der Waals surface area contributed by atoms with Crippen molar-refractivity contribution >= 4 is 0 Å². The van der Waals surface area contributed by atoms with Crippen LogP contribution in [0.3, 0.4) is 0 Å². The summed E-state index contributed by atoms with van der Waals surface area (Å²) < 4.78 is 5.86. The fourth-order valence-electron chi connectivity index (χ4n) is 2.00. The van der Waals surface area contributed by atoms with E-state index in [0.717, 1.165) is 23.3 Å². The summed E-state index contributed by atoms with van der Waals surface area (Å²) in [5, 5.41) is 0. The topological polar surface area (TPSA) is 9.23 Å². The second kappa shape index (κ2) is 15.9. The zero-order valence-corrected chi connectivity index (χ0v) is 16.8. The van der Waals surface area contributed by atoms with Gasteiger partial charge in [-0.2, -0.15) is 0 Å². The maximum absolute atomic E-state index is 5.86. The predicted octanol–water partition coefficient (Wildman–Crippen LogP) is 7.32. The smallest absolute Gasteiger partial charge is 0.119 e. The van der Waals surface area contributed by atoms with Crippen molar-refractivity contribution in [1.82, 2.24) is 0 Å². The Hall–Kier alpha value is -2.02. The summed E-state index contributed by atoms with van der Waals surface area (Å²) in [4.78, 5) is 0. The lowest BCUT2D eigenvalue weighted by Gasteiger charge is -2.12. The molecule has 0 saturated heterocycles. The van der Waals surface area contributed by atoms with Crippen LogP contribution >= 0.6 is 0 Å². The minimum Gasteiger partial charge on any atom is -0.489 e. The van der Waals surface area contributed by atoms with Gasteiger partial charge in [0.25, 0.3) is 0 Å². The Kier molecular flexibility index (Phi) is 16.0. The molecule has 0 amide bonds. The molecule has 1 rings (SSSR count). The summed E-state index contributed by atoms with van der Waals surface area (Å²) in [6.07, 6.45) is 6.67. The predicted molar refractivity (Wildman–Crippen MR) is 111 cm³/mol. The largest absolute Gasteiger partial charge is 0.489 e. The SMILES string of the molecule is C=C/C=C(/COc1ccc(CC)cc1)C(C=C)=C(C)C.CC.CC. The summed E-state index contributed by atoms with van der Waals surface area (Å²) in [6.45, 7) is 22.4. The minimum atomic E-state index is 0.518. The molecule has 0 bridgehead atoms. The quantitative estimate of drug-likeness (QED) is 0.477. The van der Waals surface area contributed by atoms with E-state index in [9.17, 15) is 0 Å². The molecule has 0 spiro atoms. The van der Waals surface area contributed by atoms with E-state index in [2.05, 4.69) is 46.1 Å². The highest BCUT2D eigenvalue weighted by molar-refractivity contribution is 5.44. The van der Waals surface area contributed by atoms with Gasteiger partial charge in [-0.3, -0.25) is 0 Å². The molecule has 1 heteroatoms. The molecule has 0 atom stereocenters. The first-order valence-corrected chi connectivity index (χ1v) is 8.96. The first-order valence-electron chi connectivity index (χ1n) is 8.96. The highest BCUT2D eigenvalue weighted by atomic mass is 16.5. The third-order valence-electron chi connectivity index (χ3n) is 3.13. The van der Waals surface area contributed by atoms with Crippen LogP contribution in [0.25, 0.3) is 0 Å². The van der Waals surface area contributed by atoms with Crippen molar-refractivity contribution in [2.24, 2.45) is 0 Å². The summed E-state index contributed by atoms with van der Waals surface area (Å²) in [7, 11) is 0. The number of benzene rings is 1. The Morgan fingerprint density at radius 1 is 1.00 bits per heavy atom. The third kappa shape index (κ3) is 9.19. The van der Waals surface area contributed by atoms with Gasteiger partial charge in [0, 0.05) is 0 Å². The normalized spacial score (nSPS) is 9.54. The number of ether oxygens (including phenoxy) is 1. The minimum absolute atomic E-state index is 0.518. The fourth-order valence-corrected chi connectivity index (χ4v) is 2.00. The van der Waals surface area contributed by atoms with Crippen LogP contribution in [0, 0.1) is 0 Å². The molecule has 0 unspecified atom stereocenters. The Balaban J connectivity index is 0. The fraction of sp³-hybridized carbons (Fsp3) is 0.391. The number of hydrogen-bond donors (Lipinski definition) is 0. The van der Waals surface area contributed by atoms with E-state index in [1.807, 2.05) is 52.0 Å². The van der Waals surface area contributed by atoms with Crippen molar-refractivity contribution in [2.45, 2.75) is 54.9 Å². The monoisotopic (exact) mass is 328 g/mol. The Morgan fingerprint density at radius 3 is 1.92 bits per heavy atom. The van der Waals surface area contributed by atoms with Gasteiger partial charge in [0.15, 0.2) is 0 Å². The average Bonchev–Trinajstić information content (AvgIpc) is 2.63. The second-order valence-corrected chi connectivity index (χ2v) is 4.83. The van der Waals surface area contributed by atoms with Crippen LogP contribution in [-0.2, 0) is 6.42 Å². The highest BCUT2D eigenvalue weighted by Crippen LogP contribution is 2.19. The lowest BCUT2D eigenvalue weighted by molar-refractivity contribution is 0.354. The van der Waals surface area contributed by atoms with Crippen molar-refractivity contribution in [2.75, 3.05) is 6.61 Å². The number of aryl methyl sites for hydroxylation is 1. The molecular formula is C23H36O. The molecule has 0 saturated carbocycles. The Bertz CT molecular complexity index is 511. The van der Waals surface area contributed by atoms with Crippen molar-refractivity contribution in [1.29, 1.82) is 0 Å². The number of hydrogen-bond acceptors (Lipinski definition) is 1. The molecule has 0 aliphatic rings. The summed E-state index contributed by atoms with van der Waals surface area (Å²) >= 11 is 0. The van der Waals surface area contributed by atoms with E-state index in [1.54, 1.807) is 6.08 Å². The van der Waals surface area contributed by atoms with Gasteiger partial charge in [0.1, 0.15) is 12.4 Å². The Morgan fingerprint density at radius 2 is 1.54 bits per heavy atom. The molecule has 24 heavy (non-hydrogen) atoms. The zero-order valence-electron chi connectivity index (χ0n) is 16.8. The molecule has 0 heterocycles. The molecule has 0 fully saturated rings. The van der Waals surface area contributed by atoms with Crippen LogP contribution in [0.4, 0.5) is 0 Å². The van der Waals surface area contributed by atoms with E-state index in [0.29, 0.717) is 6.61 Å². The van der Waals surface area contributed by atoms with Crippen LogP contribution in [-0.4, -0.2) is 6.61 Å². The maximum atomic E-state index is 5.86. The summed E-state index contributed by atoms with van der Waals surface area (Å²) in [5.74, 6) is 0.884. The van der Waals surface area contributed by atoms with Gasteiger partial charge >= 0.3 is 0 Å². The van der Waals surface area contributed by atoms with Crippen LogP contribution in [0.2, 0.25) is 0 Å². The number of allylic oxidation sites excluding steroid dienone is 4. The third-order valence-corrected chi connectivity index (χ3v) is 3.13.